The van der Waals surface area contributed by atoms with E-state index < -0.39 is 0 Å². The Kier molecular flexibility index (Phi) is 5.66. The van der Waals surface area contributed by atoms with Crippen LogP contribution in [-0.2, 0) is 0 Å². The van der Waals surface area contributed by atoms with Gasteiger partial charge in [0.25, 0.3) is 5.91 Å². The molecule has 1 fully saturated rings. The highest BCUT2D eigenvalue weighted by atomic mass is 16.5. The average molecular weight is 339 g/mol. The minimum Gasteiger partial charge on any atom is -0.493 e. The number of carbonyl (C=O) groups is 1. The molecule has 2 heterocycles. The Balaban J connectivity index is 1.63. The zero-order valence-corrected chi connectivity index (χ0v) is 14.9. The van der Waals surface area contributed by atoms with Crippen molar-refractivity contribution in [3.05, 3.63) is 59.9 Å². The molecule has 0 saturated carbocycles. The van der Waals surface area contributed by atoms with Crippen molar-refractivity contribution in [2.45, 2.75) is 19.9 Å². The van der Waals surface area contributed by atoms with Gasteiger partial charge in [-0.15, -0.1) is 0 Å². The number of amides is 1. The summed E-state index contributed by atoms with van der Waals surface area (Å²) in [5, 5.41) is 0. The van der Waals surface area contributed by atoms with Gasteiger partial charge in [0.05, 0.1) is 12.2 Å². The smallest absolute Gasteiger partial charge is 0.257 e. The van der Waals surface area contributed by atoms with Crippen molar-refractivity contribution in [2.75, 3.05) is 32.8 Å². The maximum absolute atomic E-state index is 12.9. The van der Waals surface area contributed by atoms with Gasteiger partial charge in [-0.25, -0.2) is 0 Å². The van der Waals surface area contributed by atoms with Gasteiger partial charge in [0, 0.05) is 44.6 Å². The number of para-hydroxylation sites is 1. The SMILES string of the molecule is CCOc1ccccc1C(=O)N1CCN(C(C)c2ccncc2)CC1. The third-order valence-corrected chi connectivity index (χ3v) is 4.76. The summed E-state index contributed by atoms with van der Waals surface area (Å²) < 4.78 is 5.60. The first-order chi connectivity index (χ1) is 12.2. The molecule has 1 aliphatic rings. The summed E-state index contributed by atoms with van der Waals surface area (Å²) in [5.41, 5.74) is 1.91. The number of pyridine rings is 1. The molecule has 1 aromatic carbocycles. The number of hydrogen-bond donors (Lipinski definition) is 0. The fourth-order valence-corrected chi connectivity index (χ4v) is 3.26. The van der Waals surface area contributed by atoms with E-state index in [-0.39, 0.29) is 5.91 Å². The van der Waals surface area contributed by atoms with E-state index in [9.17, 15) is 4.79 Å². The van der Waals surface area contributed by atoms with Gasteiger partial charge in [0.2, 0.25) is 0 Å². The lowest BCUT2D eigenvalue weighted by atomic mass is 10.1. The molecule has 1 aromatic heterocycles. The van der Waals surface area contributed by atoms with Gasteiger partial charge < -0.3 is 9.64 Å². The monoisotopic (exact) mass is 339 g/mol. The van der Waals surface area contributed by atoms with E-state index in [0.717, 1.165) is 26.2 Å². The van der Waals surface area contributed by atoms with Crippen molar-refractivity contribution in [1.82, 2.24) is 14.8 Å². The second-order valence-corrected chi connectivity index (χ2v) is 6.21. The summed E-state index contributed by atoms with van der Waals surface area (Å²) in [7, 11) is 0. The van der Waals surface area contributed by atoms with Crippen molar-refractivity contribution in [2.24, 2.45) is 0 Å². The molecule has 3 rings (SSSR count). The van der Waals surface area contributed by atoms with Crippen LogP contribution in [0.3, 0.4) is 0 Å². The Bertz CT molecular complexity index is 697. The quantitative estimate of drug-likeness (QED) is 0.840. The van der Waals surface area contributed by atoms with Crippen molar-refractivity contribution < 1.29 is 9.53 Å². The lowest BCUT2D eigenvalue weighted by Crippen LogP contribution is -2.49. The van der Waals surface area contributed by atoms with E-state index in [1.807, 2.05) is 48.5 Å². The molecule has 1 amide bonds. The first kappa shape index (κ1) is 17.4. The highest BCUT2D eigenvalue weighted by Crippen LogP contribution is 2.24. The number of nitrogens with zero attached hydrogens (tertiary/aromatic N) is 3. The van der Waals surface area contributed by atoms with E-state index in [0.29, 0.717) is 24.0 Å². The number of benzene rings is 1. The molecule has 1 unspecified atom stereocenters. The van der Waals surface area contributed by atoms with Gasteiger partial charge in [0.15, 0.2) is 0 Å². The first-order valence-corrected chi connectivity index (χ1v) is 8.85. The Morgan fingerprint density at radius 1 is 1.12 bits per heavy atom. The molecule has 1 saturated heterocycles. The predicted molar refractivity (Wildman–Crippen MR) is 97.7 cm³/mol. The third-order valence-electron chi connectivity index (χ3n) is 4.76. The van der Waals surface area contributed by atoms with E-state index >= 15 is 0 Å². The van der Waals surface area contributed by atoms with Crippen LogP contribution < -0.4 is 4.74 Å². The van der Waals surface area contributed by atoms with Crippen molar-refractivity contribution in [3.8, 4) is 5.75 Å². The zero-order valence-electron chi connectivity index (χ0n) is 14.9. The molecule has 0 bridgehead atoms. The number of piperazine rings is 1. The molecule has 0 N–H and O–H groups in total. The van der Waals surface area contributed by atoms with Crippen LogP contribution in [0.2, 0.25) is 0 Å². The normalized spacial score (nSPS) is 16.5. The van der Waals surface area contributed by atoms with Crippen LogP contribution in [0, 0.1) is 0 Å². The third kappa shape index (κ3) is 3.99. The van der Waals surface area contributed by atoms with Crippen molar-refractivity contribution >= 4 is 5.91 Å². The molecule has 0 aliphatic carbocycles. The van der Waals surface area contributed by atoms with Gasteiger partial charge >= 0.3 is 0 Å². The Hall–Kier alpha value is -2.40. The second kappa shape index (κ2) is 8.12. The summed E-state index contributed by atoms with van der Waals surface area (Å²) in [6, 6.07) is 11.9. The lowest BCUT2D eigenvalue weighted by molar-refractivity contribution is 0.0578. The molecule has 5 heteroatoms. The molecule has 1 aliphatic heterocycles. The fourth-order valence-electron chi connectivity index (χ4n) is 3.26. The van der Waals surface area contributed by atoms with Crippen LogP contribution in [0.15, 0.2) is 48.8 Å². The molecule has 0 radical (unpaired) electrons. The van der Waals surface area contributed by atoms with Crippen LogP contribution in [-0.4, -0.2) is 53.5 Å². The topological polar surface area (TPSA) is 45.7 Å². The van der Waals surface area contributed by atoms with Crippen LogP contribution >= 0.6 is 0 Å². The van der Waals surface area contributed by atoms with Gasteiger partial charge in [-0.1, -0.05) is 12.1 Å². The maximum Gasteiger partial charge on any atom is 0.257 e. The predicted octanol–water partition coefficient (Wildman–Crippen LogP) is 3.00. The number of hydrogen-bond acceptors (Lipinski definition) is 4. The summed E-state index contributed by atoms with van der Waals surface area (Å²) in [4.78, 5) is 21.3. The molecule has 5 nitrogen and oxygen atoms in total. The van der Waals surface area contributed by atoms with Gasteiger partial charge in [-0.05, 0) is 43.7 Å². The van der Waals surface area contributed by atoms with E-state index in [2.05, 4.69) is 28.9 Å². The summed E-state index contributed by atoms with van der Waals surface area (Å²) in [6.45, 7) is 7.89. The van der Waals surface area contributed by atoms with Gasteiger partial charge in [-0.3, -0.25) is 14.7 Å². The number of carbonyl (C=O) groups excluding carboxylic acids is 1. The summed E-state index contributed by atoms with van der Waals surface area (Å²) >= 11 is 0. The molecule has 132 valence electrons. The first-order valence-electron chi connectivity index (χ1n) is 8.85. The van der Waals surface area contributed by atoms with E-state index in [4.69, 9.17) is 4.74 Å². The molecular formula is C20H25N3O2. The minimum atomic E-state index is 0.0558. The van der Waals surface area contributed by atoms with Crippen LogP contribution in [0.25, 0.3) is 0 Å². The highest BCUT2D eigenvalue weighted by molar-refractivity contribution is 5.97. The molecule has 1 atom stereocenters. The number of aromatic nitrogens is 1. The second-order valence-electron chi connectivity index (χ2n) is 6.21. The van der Waals surface area contributed by atoms with Crippen molar-refractivity contribution in [3.63, 3.8) is 0 Å². The molecular weight excluding hydrogens is 314 g/mol. The standard InChI is InChI=1S/C20H25N3O2/c1-3-25-19-7-5-4-6-18(19)20(24)23-14-12-22(13-15-23)16(2)17-8-10-21-11-9-17/h4-11,16H,3,12-15H2,1-2H3. The highest BCUT2D eigenvalue weighted by Gasteiger charge is 2.26. The Labute approximate surface area is 149 Å². The largest absolute Gasteiger partial charge is 0.493 e. The molecule has 0 spiro atoms. The van der Waals surface area contributed by atoms with E-state index in [1.165, 1.54) is 5.56 Å². The number of ether oxygens (including phenoxy) is 1. The average Bonchev–Trinajstić information content (AvgIpc) is 2.68. The maximum atomic E-state index is 12.9. The Morgan fingerprint density at radius 2 is 1.80 bits per heavy atom. The van der Waals surface area contributed by atoms with Crippen molar-refractivity contribution in [1.29, 1.82) is 0 Å². The summed E-state index contributed by atoms with van der Waals surface area (Å²) in [6.07, 6.45) is 3.66. The summed E-state index contributed by atoms with van der Waals surface area (Å²) in [5.74, 6) is 0.725. The van der Waals surface area contributed by atoms with Gasteiger partial charge in [-0.2, -0.15) is 0 Å². The van der Waals surface area contributed by atoms with Gasteiger partial charge in [0.1, 0.15) is 5.75 Å². The lowest BCUT2D eigenvalue weighted by Gasteiger charge is -2.38. The van der Waals surface area contributed by atoms with Crippen LogP contribution in [0.5, 0.6) is 5.75 Å². The van der Waals surface area contributed by atoms with Crippen LogP contribution in [0.4, 0.5) is 0 Å². The minimum absolute atomic E-state index is 0.0558. The molecule has 2 aromatic rings. The number of rotatable bonds is 5. The van der Waals surface area contributed by atoms with Crippen LogP contribution in [0.1, 0.15) is 35.8 Å². The van der Waals surface area contributed by atoms with E-state index in [1.54, 1.807) is 0 Å². The molecule has 25 heavy (non-hydrogen) atoms. The zero-order chi connectivity index (χ0) is 17.6. The Morgan fingerprint density at radius 3 is 2.48 bits per heavy atom. The fraction of sp³-hybridized carbons (Fsp3) is 0.400.